The van der Waals surface area contributed by atoms with Gasteiger partial charge in [-0.2, -0.15) is 0 Å². The lowest BCUT2D eigenvalue weighted by Gasteiger charge is -1.91. The van der Waals surface area contributed by atoms with Crippen molar-refractivity contribution in [3.05, 3.63) is 28.8 Å². The molecule has 1 heterocycles. The van der Waals surface area contributed by atoms with Crippen molar-refractivity contribution in [1.29, 1.82) is 0 Å². The summed E-state index contributed by atoms with van der Waals surface area (Å²) >= 11 is 1.88. The molecular formula is C9H15S-. The number of hydrogen-bond acceptors (Lipinski definition) is 1. The molecule has 10 heavy (non-hydrogen) atoms. The molecule has 0 aromatic carbocycles. The molecule has 0 aliphatic carbocycles. The van der Waals surface area contributed by atoms with Crippen molar-refractivity contribution in [3.63, 3.8) is 0 Å². The van der Waals surface area contributed by atoms with Gasteiger partial charge in [0.05, 0.1) is 0 Å². The van der Waals surface area contributed by atoms with Crippen molar-refractivity contribution in [3.8, 4) is 0 Å². The van der Waals surface area contributed by atoms with E-state index in [4.69, 9.17) is 0 Å². The third-order valence-electron chi connectivity index (χ3n) is 1.71. The first-order chi connectivity index (χ1) is 4.25. The second-order valence-electron chi connectivity index (χ2n) is 2.32. The minimum atomic E-state index is 0. The van der Waals surface area contributed by atoms with Gasteiger partial charge in [-0.15, -0.1) is 11.3 Å². The lowest BCUT2D eigenvalue weighted by atomic mass is 10.2. The number of aryl methyl sites for hydroxylation is 2. The average molecular weight is 155 g/mol. The van der Waals surface area contributed by atoms with Crippen LogP contribution in [0.1, 0.15) is 22.9 Å². The molecule has 1 aromatic rings. The van der Waals surface area contributed by atoms with Crippen molar-refractivity contribution in [1.82, 2.24) is 0 Å². The summed E-state index contributed by atoms with van der Waals surface area (Å²) in [6.45, 7) is 6.58. The molecule has 1 rings (SSSR count). The first-order valence-electron chi connectivity index (χ1n) is 3.29. The Morgan fingerprint density at radius 3 is 2.20 bits per heavy atom. The molecule has 0 aliphatic heterocycles. The second kappa shape index (κ2) is 3.77. The van der Waals surface area contributed by atoms with E-state index in [1.54, 1.807) is 0 Å². The van der Waals surface area contributed by atoms with Gasteiger partial charge < -0.3 is 7.43 Å². The summed E-state index contributed by atoms with van der Waals surface area (Å²) in [4.78, 5) is 1.53. The van der Waals surface area contributed by atoms with E-state index in [0.29, 0.717) is 0 Å². The second-order valence-corrected chi connectivity index (χ2v) is 3.28. The maximum absolute atomic E-state index is 2.23. The van der Waals surface area contributed by atoms with Crippen molar-refractivity contribution >= 4 is 11.3 Å². The van der Waals surface area contributed by atoms with Crippen LogP contribution in [0.5, 0.6) is 0 Å². The van der Waals surface area contributed by atoms with Crippen molar-refractivity contribution in [2.75, 3.05) is 0 Å². The molecule has 0 saturated carbocycles. The summed E-state index contributed by atoms with van der Waals surface area (Å²) in [7, 11) is 0. The highest BCUT2D eigenvalue weighted by Gasteiger charge is 1.99. The third-order valence-corrected chi connectivity index (χ3v) is 3.06. The zero-order valence-electron chi connectivity index (χ0n) is 7.19. The average Bonchev–Trinajstić information content (AvgIpc) is 2.15. The van der Waals surface area contributed by atoms with Crippen molar-refractivity contribution in [2.24, 2.45) is 0 Å². The van der Waals surface area contributed by atoms with Crippen LogP contribution in [0.15, 0.2) is 5.38 Å². The third kappa shape index (κ3) is 1.60. The zero-order valence-corrected chi connectivity index (χ0v) is 8.01. The molecule has 1 aromatic heterocycles. The van der Waals surface area contributed by atoms with Gasteiger partial charge in [0, 0.05) is 4.88 Å². The van der Waals surface area contributed by atoms with Crippen LogP contribution in [0.2, 0.25) is 0 Å². The fourth-order valence-electron chi connectivity index (χ4n) is 0.905. The minimum Gasteiger partial charge on any atom is -0.358 e. The number of thiophene rings is 1. The lowest BCUT2D eigenvalue weighted by molar-refractivity contribution is 1.15. The molecular weight excluding hydrogens is 140 g/mol. The van der Waals surface area contributed by atoms with Gasteiger partial charge in [-0.3, -0.25) is 0 Å². The first-order valence-corrected chi connectivity index (χ1v) is 4.17. The van der Waals surface area contributed by atoms with Gasteiger partial charge in [0.25, 0.3) is 0 Å². The van der Waals surface area contributed by atoms with Gasteiger partial charge in [-0.25, -0.2) is 0 Å². The summed E-state index contributed by atoms with van der Waals surface area (Å²) < 4.78 is 0. The van der Waals surface area contributed by atoms with E-state index in [1.165, 1.54) is 22.4 Å². The molecule has 0 aliphatic rings. The zero-order chi connectivity index (χ0) is 6.85. The normalized spacial score (nSPS) is 9.10. The fourth-order valence-corrected chi connectivity index (χ4v) is 1.90. The van der Waals surface area contributed by atoms with E-state index in [0.717, 1.165) is 0 Å². The van der Waals surface area contributed by atoms with E-state index in [1.807, 2.05) is 11.3 Å². The van der Waals surface area contributed by atoms with Crippen LogP contribution in [0.4, 0.5) is 0 Å². The SMILES string of the molecule is CCc1scc(C)c1C.[CH3-]. The van der Waals surface area contributed by atoms with Crippen LogP contribution in [0.3, 0.4) is 0 Å². The molecule has 0 nitrogen and oxygen atoms in total. The molecule has 0 fully saturated rings. The highest BCUT2D eigenvalue weighted by molar-refractivity contribution is 7.10. The lowest BCUT2D eigenvalue weighted by Crippen LogP contribution is -1.77. The van der Waals surface area contributed by atoms with Crippen molar-refractivity contribution < 1.29 is 0 Å². The van der Waals surface area contributed by atoms with E-state index in [-0.39, 0.29) is 7.43 Å². The van der Waals surface area contributed by atoms with Gasteiger partial charge in [0.15, 0.2) is 0 Å². The summed E-state index contributed by atoms with van der Waals surface area (Å²) in [5.74, 6) is 0. The summed E-state index contributed by atoms with van der Waals surface area (Å²) in [5.41, 5.74) is 2.93. The Balaban J connectivity index is 0.000000810. The summed E-state index contributed by atoms with van der Waals surface area (Å²) in [5, 5.41) is 2.23. The molecule has 0 bridgehead atoms. The summed E-state index contributed by atoms with van der Waals surface area (Å²) in [6, 6.07) is 0. The monoisotopic (exact) mass is 155 g/mol. The Kier molecular flexibility index (Phi) is 3.66. The van der Waals surface area contributed by atoms with Crippen LogP contribution in [-0.4, -0.2) is 0 Å². The molecule has 0 spiro atoms. The Labute approximate surface area is 67.9 Å². The quantitative estimate of drug-likeness (QED) is 0.545. The topological polar surface area (TPSA) is 0 Å². The van der Waals surface area contributed by atoms with Crippen LogP contribution >= 0.6 is 11.3 Å². The maximum Gasteiger partial charge on any atom is 0.00743 e. The summed E-state index contributed by atoms with van der Waals surface area (Å²) in [6.07, 6.45) is 1.18. The minimum absolute atomic E-state index is 0. The van der Waals surface area contributed by atoms with E-state index >= 15 is 0 Å². The number of hydrogen-bond donors (Lipinski definition) is 0. The largest absolute Gasteiger partial charge is 0.358 e. The molecule has 0 saturated heterocycles. The van der Waals surface area contributed by atoms with E-state index in [2.05, 4.69) is 26.2 Å². The van der Waals surface area contributed by atoms with Gasteiger partial charge in [0.1, 0.15) is 0 Å². The number of rotatable bonds is 1. The highest BCUT2D eigenvalue weighted by atomic mass is 32.1. The van der Waals surface area contributed by atoms with Crippen LogP contribution in [0.25, 0.3) is 0 Å². The highest BCUT2D eigenvalue weighted by Crippen LogP contribution is 2.20. The van der Waals surface area contributed by atoms with Crippen LogP contribution in [-0.2, 0) is 6.42 Å². The Bertz CT molecular complexity index is 198. The van der Waals surface area contributed by atoms with Crippen molar-refractivity contribution in [2.45, 2.75) is 27.2 Å². The Hall–Kier alpha value is -0.300. The fraction of sp³-hybridized carbons (Fsp3) is 0.444. The Morgan fingerprint density at radius 2 is 2.00 bits per heavy atom. The van der Waals surface area contributed by atoms with Gasteiger partial charge >= 0.3 is 0 Å². The van der Waals surface area contributed by atoms with Gasteiger partial charge in [0.2, 0.25) is 0 Å². The standard InChI is InChI=1S/C8H12S.CH3/c1-4-8-7(3)6(2)5-9-8;/h5H,4H2,1-3H3;1H3/q;-1. The molecule has 0 radical (unpaired) electrons. The van der Waals surface area contributed by atoms with Crippen LogP contribution < -0.4 is 0 Å². The first kappa shape index (κ1) is 9.70. The van der Waals surface area contributed by atoms with Gasteiger partial charge in [-0.1, -0.05) is 6.92 Å². The van der Waals surface area contributed by atoms with Crippen LogP contribution in [0, 0.1) is 21.3 Å². The molecule has 0 N–H and O–H groups in total. The van der Waals surface area contributed by atoms with E-state index in [9.17, 15) is 0 Å². The predicted octanol–water partition coefficient (Wildman–Crippen LogP) is 3.38. The maximum atomic E-state index is 2.23. The predicted molar refractivity (Wildman–Crippen MR) is 49.6 cm³/mol. The molecule has 0 atom stereocenters. The van der Waals surface area contributed by atoms with Gasteiger partial charge in [-0.05, 0) is 36.8 Å². The molecule has 1 heteroatoms. The molecule has 58 valence electrons. The molecule has 0 unspecified atom stereocenters. The molecule has 0 amide bonds. The Morgan fingerprint density at radius 1 is 1.40 bits per heavy atom. The smallest absolute Gasteiger partial charge is 0.00743 e. The van der Waals surface area contributed by atoms with E-state index < -0.39 is 0 Å².